The molecule has 4 N–H and O–H groups in total. The molecule has 0 radical (unpaired) electrons. The van der Waals surface area contributed by atoms with Crippen LogP contribution in [-0.4, -0.2) is 84.6 Å². The number of ether oxygens (including phenoxy) is 5. The lowest BCUT2D eigenvalue weighted by Crippen LogP contribution is -2.14. The van der Waals surface area contributed by atoms with Crippen LogP contribution in [0.2, 0.25) is 0 Å². The Kier molecular flexibility index (Phi) is 16.7. The number of aromatic nitrogens is 4. The number of para-hydroxylation sites is 2. The average Bonchev–Trinajstić information content (AvgIpc) is 4.35. The number of carbonyl (C=O) groups is 2. The molecule has 14 bridgehead atoms. The van der Waals surface area contributed by atoms with Crippen LogP contribution in [0.25, 0.3) is 66.6 Å². The smallest absolute Gasteiger partial charge is 0.255 e. The zero-order valence-electron chi connectivity index (χ0n) is 46.6. The quantitative estimate of drug-likeness (QED) is 0.134. The van der Waals surface area contributed by atoms with E-state index in [0.29, 0.717) is 86.9 Å². The van der Waals surface area contributed by atoms with Gasteiger partial charge in [-0.15, -0.1) is 0 Å². The maximum absolute atomic E-state index is 14.3. The molecule has 12 heterocycles. The van der Waals surface area contributed by atoms with E-state index in [2.05, 4.69) is 100 Å². The lowest BCUT2D eigenvalue weighted by Gasteiger charge is -2.14. The third-order valence-corrected chi connectivity index (χ3v) is 15.3. The second-order valence-corrected chi connectivity index (χ2v) is 20.0. The van der Waals surface area contributed by atoms with Gasteiger partial charge in [-0.25, -0.2) is 9.97 Å². The summed E-state index contributed by atoms with van der Waals surface area (Å²) in [4.78, 5) is 47.8. The Bertz CT molecular complexity index is 3440. The third-order valence-electron chi connectivity index (χ3n) is 15.3. The number of allylic oxidation sites excluding steroid dienone is 4. The van der Waals surface area contributed by atoms with Gasteiger partial charge in [-0.2, -0.15) is 0 Å². The van der Waals surface area contributed by atoms with E-state index in [1.54, 1.807) is 48.5 Å². The van der Waals surface area contributed by atoms with Crippen molar-refractivity contribution in [1.29, 1.82) is 0 Å². The lowest BCUT2D eigenvalue weighted by atomic mass is 9.94. The van der Waals surface area contributed by atoms with Gasteiger partial charge in [-0.05, 0) is 171 Å². The zero-order chi connectivity index (χ0) is 55.2. The number of amides is 2. The van der Waals surface area contributed by atoms with Gasteiger partial charge in [-0.1, -0.05) is 64.1 Å². The molecular formula is C66H70N6O7. The molecule has 13 nitrogen and oxygen atoms in total. The standard InChI is InChI=1S/C66H70N6O7/c1-9-47-39(5)61-59-51-17-13-15-19-53(51)71-65(73)43-21-25-45(26-22-43)78-35-33-76-31-29-75-30-32-77-34-36-79-46-27-23-44(24-28-46)66(74)72-54-20-16-14-18-52(54)60(63-40(6)48(10-2)56(68-63)37-55(47)67-61)64-42(8)50(12-4)58(70-64)38-57-49(11-3)41(7)62(59)69-57/h13-28,37-38,67,70H,9-12,29-36H2,1-8H3,(H,71,73)(H,72,74). The predicted molar refractivity (Wildman–Crippen MR) is 318 cm³/mol. The SMILES string of the molecule is CCC1=C(C)c2nc1cc1[nH]c(c(C)c1CC)c1c3nc(cc4[nH]c(c(C)c4CC)c2-c2ccccc2NC(=O)c2ccc(cc2)OCCOCCOCCOCCOc2ccc(cc2)C(=O)Nc2ccccc2-1)C(CC)=C3C. The number of rotatable bonds is 4. The summed E-state index contributed by atoms with van der Waals surface area (Å²) in [5.74, 6) is 0.757. The summed E-state index contributed by atoms with van der Waals surface area (Å²) in [6.07, 6.45) is 2.98. The first-order chi connectivity index (χ1) is 38.5. The highest BCUT2D eigenvalue weighted by Crippen LogP contribution is 2.46. The number of aryl methyl sites for hydroxylation is 4. The number of aromatic amines is 2. The number of carbonyl (C=O) groups excluding carboxylic acids is 2. The fraction of sp³-hybridized carbons (Fsp3) is 0.303. The summed E-state index contributed by atoms with van der Waals surface area (Å²) in [6, 6.07) is 34.7. The minimum Gasteiger partial charge on any atom is -0.491 e. The maximum atomic E-state index is 14.3. The molecule has 79 heavy (non-hydrogen) atoms. The van der Waals surface area contributed by atoms with Crippen molar-refractivity contribution >= 4 is 67.5 Å². The van der Waals surface area contributed by atoms with Gasteiger partial charge in [0, 0.05) is 55.8 Å². The van der Waals surface area contributed by atoms with Crippen LogP contribution in [0.4, 0.5) is 11.4 Å². The van der Waals surface area contributed by atoms with E-state index < -0.39 is 0 Å². The van der Waals surface area contributed by atoms with Gasteiger partial charge in [0.1, 0.15) is 24.7 Å². The van der Waals surface area contributed by atoms with E-state index in [0.717, 1.165) is 137 Å². The van der Waals surface area contributed by atoms with E-state index >= 15 is 0 Å². The monoisotopic (exact) mass is 1060 g/mol. The Morgan fingerprint density at radius 3 is 1.19 bits per heavy atom. The first-order valence-corrected chi connectivity index (χ1v) is 27.7. The average molecular weight is 1060 g/mol. The van der Waals surface area contributed by atoms with Crippen molar-refractivity contribution < 1.29 is 33.3 Å². The van der Waals surface area contributed by atoms with Crippen molar-refractivity contribution in [2.75, 3.05) is 63.5 Å². The summed E-state index contributed by atoms with van der Waals surface area (Å²) >= 11 is 0. The number of nitrogens with zero attached hydrogens (tertiary/aromatic N) is 2. The Morgan fingerprint density at radius 1 is 0.456 bits per heavy atom. The second-order valence-electron chi connectivity index (χ2n) is 20.0. The Hall–Kier alpha value is -8.10. The van der Waals surface area contributed by atoms with Gasteiger partial charge in [0.2, 0.25) is 0 Å². The Labute approximate surface area is 462 Å². The molecule has 0 aliphatic carbocycles. The van der Waals surface area contributed by atoms with Crippen LogP contribution >= 0.6 is 0 Å². The molecule has 9 aliphatic rings. The molecule has 406 valence electrons. The Morgan fingerprint density at radius 2 is 0.823 bits per heavy atom. The third kappa shape index (κ3) is 11.2. The van der Waals surface area contributed by atoms with Crippen molar-refractivity contribution in [3.8, 4) is 33.8 Å². The predicted octanol–water partition coefficient (Wildman–Crippen LogP) is 14.4. The van der Waals surface area contributed by atoms with Crippen molar-refractivity contribution in [1.82, 2.24) is 19.9 Å². The molecule has 9 aliphatic heterocycles. The molecule has 0 fully saturated rings. The largest absolute Gasteiger partial charge is 0.491 e. The zero-order valence-corrected chi connectivity index (χ0v) is 46.6. The number of hydrogen-bond acceptors (Lipinski definition) is 9. The highest BCUT2D eigenvalue weighted by molar-refractivity contribution is 6.11. The van der Waals surface area contributed by atoms with Crippen molar-refractivity contribution in [2.45, 2.75) is 81.1 Å². The normalized spacial score (nSPS) is 15.1. The summed E-state index contributed by atoms with van der Waals surface area (Å²) in [7, 11) is 0. The summed E-state index contributed by atoms with van der Waals surface area (Å²) in [5, 5.41) is 6.59. The van der Waals surface area contributed by atoms with Crippen LogP contribution in [0, 0.1) is 13.8 Å². The first kappa shape index (κ1) is 54.3. The number of hydrogen-bond donors (Lipinski definition) is 4. The molecule has 7 aromatic rings. The molecule has 0 spiro atoms. The maximum Gasteiger partial charge on any atom is 0.255 e. The van der Waals surface area contributed by atoms with Gasteiger partial charge >= 0.3 is 0 Å². The summed E-state index contributed by atoms with van der Waals surface area (Å²) in [6.45, 7) is 20.5. The second kappa shape index (κ2) is 24.3. The van der Waals surface area contributed by atoms with E-state index in [9.17, 15) is 9.59 Å². The van der Waals surface area contributed by atoms with Crippen LogP contribution in [0.3, 0.4) is 0 Å². The van der Waals surface area contributed by atoms with Crippen LogP contribution in [0.15, 0.2) is 109 Å². The molecule has 0 atom stereocenters. The van der Waals surface area contributed by atoms with Gasteiger partial charge in [-0.3, -0.25) is 9.59 Å². The molecule has 4 aromatic carbocycles. The van der Waals surface area contributed by atoms with E-state index in [1.165, 1.54) is 0 Å². The molecule has 3 aromatic heterocycles. The molecule has 0 saturated heterocycles. The summed E-state index contributed by atoms with van der Waals surface area (Å²) in [5.41, 5.74) is 21.7. The van der Waals surface area contributed by atoms with Crippen LogP contribution < -0.4 is 20.1 Å². The van der Waals surface area contributed by atoms with Crippen molar-refractivity contribution in [3.05, 3.63) is 165 Å². The van der Waals surface area contributed by atoms with Crippen molar-refractivity contribution in [2.24, 2.45) is 0 Å². The molecule has 0 unspecified atom stereocenters. The molecule has 16 rings (SSSR count). The highest BCUT2D eigenvalue weighted by atomic mass is 16.6. The minimum atomic E-state index is -0.253. The molecular weight excluding hydrogens is 989 g/mol. The van der Waals surface area contributed by atoms with E-state index in [4.69, 9.17) is 33.7 Å². The number of nitrogens with one attached hydrogen (secondary N) is 4. The Balaban J connectivity index is 1.21. The van der Waals surface area contributed by atoms with Gasteiger partial charge in [0.05, 0.1) is 73.5 Å². The number of H-pyrrole nitrogens is 2. The van der Waals surface area contributed by atoms with E-state index in [-0.39, 0.29) is 11.8 Å². The fourth-order valence-electron chi connectivity index (χ4n) is 11.2. The lowest BCUT2D eigenvalue weighted by molar-refractivity contribution is 0.00499. The van der Waals surface area contributed by atoms with Crippen molar-refractivity contribution in [3.63, 3.8) is 0 Å². The molecule has 13 heteroatoms. The van der Waals surface area contributed by atoms with Crippen LogP contribution in [0.5, 0.6) is 11.5 Å². The van der Waals surface area contributed by atoms with Crippen LogP contribution in [0.1, 0.15) is 120 Å². The van der Waals surface area contributed by atoms with Crippen LogP contribution in [-0.2, 0) is 27.1 Å². The number of benzene rings is 4. The highest BCUT2D eigenvalue weighted by Gasteiger charge is 2.28. The van der Waals surface area contributed by atoms with Gasteiger partial charge in [0.15, 0.2) is 0 Å². The first-order valence-electron chi connectivity index (χ1n) is 27.7. The number of anilines is 2. The fourth-order valence-corrected chi connectivity index (χ4v) is 11.2. The van der Waals surface area contributed by atoms with E-state index in [1.807, 2.05) is 36.4 Å². The molecule has 2 amide bonds. The van der Waals surface area contributed by atoms with Gasteiger partial charge < -0.3 is 44.3 Å². The minimum absolute atomic E-state index is 0.253. The van der Waals surface area contributed by atoms with Gasteiger partial charge in [0.25, 0.3) is 11.8 Å². The molecule has 0 saturated carbocycles. The summed E-state index contributed by atoms with van der Waals surface area (Å²) < 4.78 is 29.1. The topological polar surface area (TPSA) is 162 Å².